The molecule has 1 unspecified atom stereocenters. The van der Waals surface area contributed by atoms with Gasteiger partial charge in [0, 0.05) is 13.1 Å². The summed E-state index contributed by atoms with van der Waals surface area (Å²) in [7, 11) is 0. The summed E-state index contributed by atoms with van der Waals surface area (Å²) in [6, 6.07) is 0. The molecule has 0 radical (unpaired) electrons. The van der Waals surface area contributed by atoms with Gasteiger partial charge in [-0.15, -0.1) is 0 Å². The molecule has 0 aromatic heterocycles. The number of carbonyl (C=O) groups excluding carboxylic acids is 2. The third-order valence-electron chi connectivity index (χ3n) is 2.20. The van der Waals surface area contributed by atoms with Crippen LogP contribution in [0.2, 0.25) is 0 Å². The Bertz CT molecular complexity index is 298. The maximum absolute atomic E-state index is 11.9. The zero-order valence-electron chi connectivity index (χ0n) is 12.4. The molecule has 0 aliphatic heterocycles. The first kappa shape index (κ1) is 17.7. The van der Waals surface area contributed by atoms with Crippen LogP contribution in [0.3, 0.4) is 0 Å². The highest BCUT2D eigenvalue weighted by atomic mass is 16.6. The Morgan fingerprint density at radius 1 is 1.32 bits per heavy atom. The molecule has 0 bridgehead atoms. The van der Waals surface area contributed by atoms with Gasteiger partial charge in [0.1, 0.15) is 5.60 Å². The van der Waals surface area contributed by atoms with Crippen LogP contribution in [0.4, 0.5) is 4.79 Å². The Morgan fingerprint density at radius 2 is 1.89 bits per heavy atom. The molecule has 0 spiro atoms. The molecular formula is C13H25NO5. The molecule has 0 aromatic carbocycles. The van der Waals surface area contributed by atoms with Gasteiger partial charge in [-0.2, -0.15) is 0 Å². The molecule has 6 heteroatoms. The molecule has 1 atom stereocenters. The quantitative estimate of drug-likeness (QED) is 0.742. The number of aliphatic hydroxyl groups is 1. The van der Waals surface area contributed by atoms with Crippen molar-refractivity contribution in [3.05, 3.63) is 0 Å². The van der Waals surface area contributed by atoms with Crippen LogP contribution in [0, 0.1) is 5.92 Å². The summed E-state index contributed by atoms with van der Waals surface area (Å²) in [4.78, 5) is 24.7. The van der Waals surface area contributed by atoms with E-state index in [1.54, 1.807) is 34.6 Å². The number of aliphatic hydroxyl groups excluding tert-OH is 1. The highest BCUT2D eigenvalue weighted by Crippen LogP contribution is 2.11. The lowest BCUT2D eigenvalue weighted by Crippen LogP contribution is -2.42. The van der Waals surface area contributed by atoms with Gasteiger partial charge in [-0.25, -0.2) is 4.79 Å². The molecule has 0 saturated carbocycles. The van der Waals surface area contributed by atoms with Crippen molar-refractivity contribution in [1.29, 1.82) is 0 Å². The van der Waals surface area contributed by atoms with E-state index in [4.69, 9.17) is 14.6 Å². The van der Waals surface area contributed by atoms with Crippen LogP contribution in [0.5, 0.6) is 0 Å². The van der Waals surface area contributed by atoms with E-state index in [1.165, 1.54) is 4.90 Å². The highest BCUT2D eigenvalue weighted by molar-refractivity contribution is 5.74. The molecule has 112 valence electrons. The summed E-state index contributed by atoms with van der Waals surface area (Å²) in [5, 5.41) is 8.97. The second-order valence-electron chi connectivity index (χ2n) is 5.30. The molecule has 6 nitrogen and oxygen atoms in total. The maximum atomic E-state index is 11.9. The Kier molecular flexibility index (Phi) is 7.44. The van der Waals surface area contributed by atoms with Crippen molar-refractivity contribution < 1.29 is 24.2 Å². The molecule has 0 saturated heterocycles. The second-order valence-corrected chi connectivity index (χ2v) is 5.30. The van der Waals surface area contributed by atoms with Crippen LogP contribution >= 0.6 is 0 Å². The fourth-order valence-corrected chi connectivity index (χ4v) is 1.39. The summed E-state index contributed by atoms with van der Waals surface area (Å²) in [5.74, 6) is -0.826. The van der Waals surface area contributed by atoms with Crippen LogP contribution in [0.1, 0.15) is 34.6 Å². The highest BCUT2D eigenvalue weighted by Gasteiger charge is 2.25. The molecular weight excluding hydrogens is 250 g/mol. The van der Waals surface area contributed by atoms with Crippen molar-refractivity contribution in [3.8, 4) is 0 Å². The number of rotatable bonds is 6. The number of carbonyl (C=O) groups is 2. The van der Waals surface area contributed by atoms with Gasteiger partial charge >= 0.3 is 12.1 Å². The predicted molar refractivity (Wildman–Crippen MR) is 70.7 cm³/mol. The van der Waals surface area contributed by atoms with Gasteiger partial charge in [0.15, 0.2) is 0 Å². The van der Waals surface area contributed by atoms with Crippen molar-refractivity contribution in [1.82, 2.24) is 4.90 Å². The van der Waals surface area contributed by atoms with Crippen molar-refractivity contribution in [2.75, 3.05) is 26.3 Å². The lowest BCUT2D eigenvalue weighted by molar-refractivity contribution is -0.147. The average Bonchev–Trinajstić information content (AvgIpc) is 2.26. The first-order chi connectivity index (χ1) is 8.71. The number of esters is 1. The molecule has 0 fully saturated rings. The van der Waals surface area contributed by atoms with E-state index in [9.17, 15) is 9.59 Å². The van der Waals surface area contributed by atoms with Crippen molar-refractivity contribution >= 4 is 12.1 Å². The number of hydrogen-bond acceptors (Lipinski definition) is 5. The van der Waals surface area contributed by atoms with E-state index < -0.39 is 17.6 Å². The number of amides is 1. The van der Waals surface area contributed by atoms with Gasteiger partial charge in [-0.1, -0.05) is 6.92 Å². The molecule has 0 rings (SSSR count). The molecule has 0 aromatic rings. The minimum Gasteiger partial charge on any atom is -0.466 e. The number of hydrogen-bond donors (Lipinski definition) is 1. The number of nitrogens with zero attached hydrogens (tertiary/aromatic N) is 1. The van der Waals surface area contributed by atoms with Crippen LogP contribution < -0.4 is 0 Å². The summed E-state index contributed by atoms with van der Waals surface area (Å²) in [6.07, 6.45) is -0.544. The SMILES string of the molecule is CCOC(=O)C(C)CN(CCO)C(=O)OC(C)(C)C. The topological polar surface area (TPSA) is 76.1 Å². The molecule has 1 amide bonds. The Morgan fingerprint density at radius 3 is 2.32 bits per heavy atom. The molecule has 0 aliphatic rings. The van der Waals surface area contributed by atoms with Gasteiger partial charge in [-0.05, 0) is 27.7 Å². The van der Waals surface area contributed by atoms with Gasteiger partial charge < -0.3 is 19.5 Å². The van der Waals surface area contributed by atoms with Gasteiger partial charge in [0.25, 0.3) is 0 Å². The third kappa shape index (κ3) is 7.66. The Balaban J connectivity index is 4.55. The zero-order chi connectivity index (χ0) is 15.1. The summed E-state index contributed by atoms with van der Waals surface area (Å²) >= 11 is 0. The van der Waals surface area contributed by atoms with Gasteiger partial charge in [0.05, 0.1) is 19.1 Å². The van der Waals surface area contributed by atoms with E-state index in [1.807, 2.05) is 0 Å². The van der Waals surface area contributed by atoms with Crippen molar-refractivity contribution in [2.24, 2.45) is 5.92 Å². The Labute approximate surface area is 114 Å². The standard InChI is InChI=1S/C13H25NO5/c1-6-18-11(16)10(2)9-14(7-8-15)12(17)19-13(3,4)5/h10,15H,6-9H2,1-5H3. The zero-order valence-corrected chi connectivity index (χ0v) is 12.4. The molecule has 1 N–H and O–H groups in total. The van der Waals surface area contributed by atoms with E-state index >= 15 is 0 Å². The maximum Gasteiger partial charge on any atom is 0.410 e. The third-order valence-corrected chi connectivity index (χ3v) is 2.20. The molecule has 0 heterocycles. The number of ether oxygens (including phenoxy) is 2. The summed E-state index contributed by atoms with van der Waals surface area (Å²) in [5.41, 5.74) is -0.613. The Hall–Kier alpha value is -1.30. The lowest BCUT2D eigenvalue weighted by atomic mass is 10.1. The second kappa shape index (κ2) is 7.99. The fourth-order valence-electron chi connectivity index (χ4n) is 1.39. The fraction of sp³-hybridized carbons (Fsp3) is 0.846. The van der Waals surface area contributed by atoms with Crippen LogP contribution in [-0.4, -0.2) is 54.0 Å². The molecule has 19 heavy (non-hydrogen) atoms. The van der Waals surface area contributed by atoms with Crippen LogP contribution in [0.25, 0.3) is 0 Å². The first-order valence-corrected chi connectivity index (χ1v) is 6.46. The predicted octanol–water partition coefficient (Wildman–Crippen LogP) is 1.42. The normalized spacial score (nSPS) is 12.7. The van der Waals surface area contributed by atoms with Crippen LogP contribution in [0.15, 0.2) is 0 Å². The van der Waals surface area contributed by atoms with E-state index in [-0.39, 0.29) is 25.7 Å². The van der Waals surface area contributed by atoms with E-state index in [0.29, 0.717) is 6.61 Å². The van der Waals surface area contributed by atoms with E-state index in [0.717, 1.165) is 0 Å². The monoisotopic (exact) mass is 275 g/mol. The average molecular weight is 275 g/mol. The summed E-state index contributed by atoms with van der Waals surface area (Å²) in [6.45, 7) is 9.08. The first-order valence-electron chi connectivity index (χ1n) is 6.46. The largest absolute Gasteiger partial charge is 0.466 e. The lowest BCUT2D eigenvalue weighted by Gasteiger charge is -2.28. The van der Waals surface area contributed by atoms with Crippen molar-refractivity contribution in [2.45, 2.75) is 40.2 Å². The van der Waals surface area contributed by atoms with Gasteiger partial charge in [-0.3, -0.25) is 4.79 Å². The molecule has 0 aliphatic carbocycles. The summed E-state index contributed by atoms with van der Waals surface area (Å²) < 4.78 is 10.1. The van der Waals surface area contributed by atoms with Crippen LogP contribution in [-0.2, 0) is 14.3 Å². The van der Waals surface area contributed by atoms with Crippen molar-refractivity contribution in [3.63, 3.8) is 0 Å². The minimum absolute atomic E-state index is 0.124. The van der Waals surface area contributed by atoms with E-state index in [2.05, 4.69) is 0 Å². The minimum atomic E-state index is -0.613. The van der Waals surface area contributed by atoms with Gasteiger partial charge in [0.2, 0.25) is 0 Å². The smallest absolute Gasteiger partial charge is 0.410 e.